The molecule has 9 heteroatoms. The molecule has 1 aliphatic rings. The molecule has 1 aliphatic heterocycles. The summed E-state index contributed by atoms with van der Waals surface area (Å²) >= 11 is 0. The van der Waals surface area contributed by atoms with Crippen molar-refractivity contribution >= 4 is 33.3 Å². The molecule has 0 amide bonds. The number of benzene rings is 4. The summed E-state index contributed by atoms with van der Waals surface area (Å²) in [4.78, 5) is 14.3. The van der Waals surface area contributed by atoms with Crippen molar-refractivity contribution in [1.29, 1.82) is 0 Å². The number of ether oxygens (including phenoxy) is 2. The van der Waals surface area contributed by atoms with Crippen LogP contribution in [-0.4, -0.2) is 83.1 Å². The van der Waals surface area contributed by atoms with E-state index in [4.69, 9.17) is 19.4 Å². The average Bonchev–Trinajstić information content (AvgIpc) is 3.66. The topological polar surface area (TPSA) is 94.7 Å². The van der Waals surface area contributed by atoms with Crippen molar-refractivity contribution in [2.45, 2.75) is 12.3 Å². The van der Waals surface area contributed by atoms with Gasteiger partial charge in [-0.1, -0.05) is 54.6 Å². The summed E-state index contributed by atoms with van der Waals surface area (Å²) in [5.41, 5.74) is 5.99. The van der Waals surface area contributed by atoms with Crippen LogP contribution >= 0.6 is 0 Å². The molecule has 6 aromatic rings. The number of rotatable bonds is 11. The Labute approximate surface area is 256 Å². The van der Waals surface area contributed by atoms with Gasteiger partial charge < -0.3 is 19.7 Å². The third kappa shape index (κ3) is 6.12. The highest BCUT2D eigenvalue weighted by Crippen LogP contribution is 2.32. The Hall–Kier alpha value is -4.83. The Morgan fingerprint density at radius 2 is 1.66 bits per heavy atom. The van der Waals surface area contributed by atoms with E-state index in [1.165, 1.54) is 5.56 Å². The molecule has 7 rings (SSSR count). The lowest BCUT2D eigenvalue weighted by Crippen LogP contribution is -2.30. The fourth-order valence-electron chi connectivity index (χ4n) is 5.46. The zero-order valence-electron chi connectivity index (χ0n) is 25.1. The van der Waals surface area contributed by atoms with E-state index < -0.39 is 0 Å². The predicted molar refractivity (Wildman–Crippen MR) is 175 cm³/mol. The minimum absolute atomic E-state index is 0.214. The van der Waals surface area contributed by atoms with Crippen LogP contribution in [0.5, 0.6) is 5.75 Å². The molecular formula is C35H35N7O2. The highest BCUT2D eigenvalue weighted by molar-refractivity contribution is 5.94. The standard InChI is InChI=1S/C35H35N7O2/c1-41(2)35-32(44-35)22-42(3)17-18-43-28-14-16-31-29(20-28)34(37-27-13-15-30-26(19-27)21-36-40-30)39-33(38-31)25-11-9-24(10-12-25)23-7-5-4-6-8-23/h4-16,19-21,32,35H,17-18,22H2,1-3H3,(H,36,40)(H,37,38,39). The van der Waals surface area contributed by atoms with Gasteiger partial charge in [-0.25, -0.2) is 9.97 Å². The van der Waals surface area contributed by atoms with Gasteiger partial charge in [0.15, 0.2) is 5.82 Å². The van der Waals surface area contributed by atoms with E-state index in [-0.39, 0.29) is 12.3 Å². The number of fused-ring (bicyclic) bond motifs is 2. The maximum absolute atomic E-state index is 6.19. The molecule has 2 unspecified atom stereocenters. The first-order valence-corrected chi connectivity index (χ1v) is 14.8. The summed E-state index contributed by atoms with van der Waals surface area (Å²) in [6.45, 7) is 2.23. The number of H-pyrrole nitrogens is 1. The van der Waals surface area contributed by atoms with E-state index in [0.717, 1.165) is 57.5 Å². The molecule has 3 heterocycles. The molecule has 0 spiro atoms. The quantitative estimate of drug-likeness (QED) is 0.174. The highest BCUT2D eigenvalue weighted by atomic mass is 16.6. The summed E-state index contributed by atoms with van der Waals surface area (Å²) in [5.74, 6) is 2.14. The average molecular weight is 586 g/mol. The van der Waals surface area contributed by atoms with Crippen LogP contribution in [0.4, 0.5) is 11.5 Å². The lowest BCUT2D eigenvalue weighted by Gasteiger charge is -2.17. The molecule has 0 saturated carbocycles. The summed E-state index contributed by atoms with van der Waals surface area (Å²) in [7, 11) is 6.18. The Balaban J connectivity index is 1.15. The Morgan fingerprint density at radius 1 is 0.864 bits per heavy atom. The minimum Gasteiger partial charge on any atom is -0.492 e. The fourth-order valence-corrected chi connectivity index (χ4v) is 5.46. The van der Waals surface area contributed by atoms with Crippen LogP contribution in [-0.2, 0) is 4.74 Å². The lowest BCUT2D eigenvalue weighted by molar-refractivity contribution is 0.217. The van der Waals surface area contributed by atoms with Crippen molar-refractivity contribution in [2.75, 3.05) is 46.2 Å². The number of hydrogen-bond acceptors (Lipinski definition) is 8. The van der Waals surface area contributed by atoms with Gasteiger partial charge in [-0.3, -0.25) is 10.00 Å². The molecule has 2 atom stereocenters. The van der Waals surface area contributed by atoms with Gasteiger partial charge in [-0.05, 0) is 68.7 Å². The molecule has 1 saturated heterocycles. The number of nitrogens with one attached hydrogen (secondary N) is 2. The second kappa shape index (κ2) is 12.0. The van der Waals surface area contributed by atoms with Gasteiger partial charge in [0.1, 0.15) is 30.5 Å². The molecule has 2 N–H and O–H groups in total. The van der Waals surface area contributed by atoms with E-state index in [1.807, 2.05) is 68.8 Å². The van der Waals surface area contributed by atoms with E-state index >= 15 is 0 Å². The molecule has 222 valence electrons. The largest absolute Gasteiger partial charge is 0.492 e. The van der Waals surface area contributed by atoms with Crippen LogP contribution in [0, 0.1) is 0 Å². The molecule has 2 aromatic heterocycles. The van der Waals surface area contributed by atoms with E-state index in [2.05, 4.69) is 74.8 Å². The SMILES string of the molecule is CN(CCOc1ccc2nc(-c3ccc(-c4ccccc4)cc3)nc(Nc3ccc4[nH]ncc4c3)c2c1)CC1OC1N(C)C. The van der Waals surface area contributed by atoms with Crippen LogP contribution in [0.15, 0.2) is 97.2 Å². The van der Waals surface area contributed by atoms with Crippen LogP contribution in [0.1, 0.15) is 0 Å². The van der Waals surface area contributed by atoms with E-state index in [0.29, 0.717) is 18.2 Å². The van der Waals surface area contributed by atoms with Gasteiger partial charge in [-0.15, -0.1) is 0 Å². The number of aromatic nitrogens is 4. The maximum atomic E-state index is 6.19. The summed E-state index contributed by atoms with van der Waals surface area (Å²) in [6, 6.07) is 30.8. The Morgan fingerprint density at radius 3 is 2.45 bits per heavy atom. The molecule has 0 aliphatic carbocycles. The summed E-state index contributed by atoms with van der Waals surface area (Å²) in [5, 5.41) is 12.6. The maximum Gasteiger partial charge on any atom is 0.162 e. The summed E-state index contributed by atoms with van der Waals surface area (Å²) < 4.78 is 11.9. The Kier molecular flexibility index (Phi) is 7.66. The van der Waals surface area contributed by atoms with Crippen LogP contribution in [0.2, 0.25) is 0 Å². The molecule has 44 heavy (non-hydrogen) atoms. The fraction of sp³-hybridized carbons (Fsp3) is 0.229. The minimum atomic E-state index is 0.214. The summed E-state index contributed by atoms with van der Waals surface area (Å²) in [6.07, 6.45) is 2.29. The highest BCUT2D eigenvalue weighted by Gasteiger charge is 2.41. The van der Waals surface area contributed by atoms with Gasteiger partial charge in [0.25, 0.3) is 0 Å². The lowest BCUT2D eigenvalue weighted by atomic mass is 10.0. The van der Waals surface area contributed by atoms with Crippen LogP contribution < -0.4 is 10.1 Å². The smallest absolute Gasteiger partial charge is 0.162 e. The zero-order chi connectivity index (χ0) is 30.0. The normalized spacial score (nSPS) is 16.2. The van der Waals surface area contributed by atoms with Gasteiger partial charge in [0, 0.05) is 35.1 Å². The van der Waals surface area contributed by atoms with E-state index in [1.54, 1.807) is 0 Å². The van der Waals surface area contributed by atoms with E-state index in [9.17, 15) is 0 Å². The monoisotopic (exact) mass is 585 g/mol. The number of epoxide rings is 1. The molecule has 1 fully saturated rings. The Bertz CT molecular complexity index is 1890. The number of anilines is 2. The van der Waals surface area contributed by atoms with Gasteiger partial charge in [0.05, 0.1) is 17.2 Å². The molecule has 9 nitrogen and oxygen atoms in total. The molecule has 0 bridgehead atoms. The van der Waals surface area contributed by atoms with Crippen molar-refractivity contribution in [3.8, 4) is 28.3 Å². The molecular weight excluding hydrogens is 550 g/mol. The second-order valence-corrected chi connectivity index (χ2v) is 11.5. The van der Waals surface area contributed by atoms with Crippen LogP contribution in [0.3, 0.4) is 0 Å². The third-order valence-electron chi connectivity index (χ3n) is 7.92. The first kappa shape index (κ1) is 28.0. The first-order valence-electron chi connectivity index (χ1n) is 14.8. The third-order valence-corrected chi connectivity index (χ3v) is 7.92. The van der Waals surface area contributed by atoms with Gasteiger partial charge >= 0.3 is 0 Å². The van der Waals surface area contributed by atoms with Crippen molar-refractivity contribution < 1.29 is 9.47 Å². The van der Waals surface area contributed by atoms with Crippen molar-refractivity contribution in [3.05, 3.63) is 97.2 Å². The zero-order valence-corrected chi connectivity index (χ0v) is 25.1. The molecule has 4 aromatic carbocycles. The number of nitrogens with zero attached hydrogens (tertiary/aromatic N) is 5. The number of likely N-dealkylation sites (N-methyl/N-ethyl adjacent to an activating group) is 2. The molecule has 0 radical (unpaired) electrons. The van der Waals surface area contributed by atoms with Crippen molar-refractivity contribution in [2.24, 2.45) is 0 Å². The number of aromatic amines is 1. The van der Waals surface area contributed by atoms with Crippen LogP contribution in [0.25, 0.3) is 44.3 Å². The first-order chi connectivity index (χ1) is 21.5. The van der Waals surface area contributed by atoms with Crippen molar-refractivity contribution in [3.63, 3.8) is 0 Å². The number of hydrogen-bond donors (Lipinski definition) is 2. The van der Waals surface area contributed by atoms with Gasteiger partial charge in [-0.2, -0.15) is 5.10 Å². The predicted octanol–water partition coefficient (Wildman–Crippen LogP) is 6.18. The van der Waals surface area contributed by atoms with Crippen molar-refractivity contribution in [1.82, 2.24) is 30.0 Å². The second-order valence-electron chi connectivity index (χ2n) is 11.5. The van der Waals surface area contributed by atoms with Gasteiger partial charge in [0.2, 0.25) is 0 Å².